The first kappa shape index (κ1) is 13.2. The van der Waals surface area contributed by atoms with Crippen LogP contribution in [0.1, 0.15) is 21.8 Å². The highest BCUT2D eigenvalue weighted by Gasteiger charge is 2.18. The number of furan rings is 1. The first-order valence-electron chi connectivity index (χ1n) is 6.52. The van der Waals surface area contributed by atoms with E-state index in [-0.39, 0.29) is 5.69 Å². The maximum Gasteiger partial charge on any atom is 0.354 e. The van der Waals surface area contributed by atoms with Crippen LogP contribution in [0.5, 0.6) is 0 Å². The topological polar surface area (TPSA) is 68.3 Å². The number of nitrogens with zero attached hydrogens (tertiary/aromatic N) is 2. The molecule has 0 unspecified atom stereocenters. The van der Waals surface area contributed by atoms with E-state index >= 15 is 0 Å². The Morgan fingerprint density at radius 2 is 1.86 bits per heavy atom. The van der Waals surface area contributed by atoms with Crippen LogP contribution in [0.3, 0.4) is 0 Å². The number of hydrogen-bond acceptors (Lipinski definition) is 3. The lowest BCUT2D eigenvalue weighted by Gasteiger charge is -2.04. The second-order valence-electron chi connectivity index (χ2n) is 4.88. The van der Waals surface area contributed by atoms with Gasteiger partial charge in [-0.3, -0.25) is 0 Å². The van der Waals surface area contributed by atoms with Crippen molar-refractivity contribution < 1.29 is 14.3 Å². The molecule has 0 saturated heterocycles. The van der Waals surface area contributed by atoms with Crippen LogP contribution in [0.25, 0.3) is 17.1 Å². The Balaban J connectivity index is 2.13. The lowest BCUT2D eigenvalue weighted by Crippen LogP contribution is -2.07. The van der Waals surface area contributed by atoms with Crippen LogP contribution in [0.4, 0.5) is 0 Å². The molecule has 3 rings (SSSR count). The highest BCUT2D eigenvalue weighted by atomic mass is 16.4. The summed E-state index contributed by atoms with van der Waals surface area (Å²) in [6.45, 7) is 3.81. The standard InChI is InChI=1S/C16H14N2O3/c1-10-3-6-12(7-4-10)18-14(16(19)20)9-13(17-18)15-8-5-11(2)21-15/h3-9H,1-2H3,(H,19,20). The third-order valence-corrected chi connectivity index (χ3v) is 3.20. The summed E-state index contributed by atoms with van der Waals surface area (Å²) in [5.41, 5.74) is 2.40. The summed E-state index contributed by atoms with van der Waals surface area (Å²) in [5, 5.41) is 13.7. The van der Waals surface area contributed by atoms with Gasteiger partial charge >= 0.3 is 5.97 Å². The highest BCUT2D eigenvalue weighted by Crippen LogP contribution is 2.23. The van der Waals surface area contributed by atoms with Crippen molar-refractivity contribution in [3.05, 3.63) is 59.5 Å². The minimum Gasteiger partial charge on any atom is -0.477 e. The van der Waals surface area contributed by atoms with Crippen LogP contribution in [-0.4, -0.2) is 20.9 Å². The van der Waals surface area contributed by atoms with Gasteiger partial charge in [-0.1, -0.05) is 17.7 Å². The predicted octanol–water partition coefficient (Wildman–Crippen LogP) is 3.45. The molecule has 0 bridgehead atoms. The number of hydrogen-bond donors (Lipinski definition) is 1. The molecule has 0 saturated carbocycles. The van der Waals surface area contributed by atoms with E-state index in [0.29, 0.717) is 17.1 Å². The van der Waals surface area contributed by atoms with E-state index in [0.717, 1.165) is 11.3 Å². The average Bonchev–Trinajstić information content (AvgIpc) is 3.05. The molecule has 0 radical (unpaired) electrons. The summed E-state index contributed by atoms with van der Waals surface area (Å²) in [4.78, 5) is 11.4. The molecular weight excluding hydrogens is 268 g/mol. The maximum atomic E-state index is 11.4. The number of carboxylic acid groups (broad SMARTS) is 1. The van der Waals surface area contributed by atoms with Gasteiger partial charge in [0.05, 0.1) is 5.69 Å². The van der Waals surface area contributed by atoms with Crippen molar-refractivity contribution in [2.75, 3.05) is 0 Å². The molecule has 3 aromatic rings. The second-order valence-corrected chi connectivity index (χ2v) is 4.88. The number of aromatic nitrogens is 2. The molecule has 0 atom stereocenters. The summed E-state index contributed by atoms with van der Waals surface area (Å²) >= 11 is 0. The number of carbonyl (C=O) groups is 1. The van der Waals surface area contributed by atoms with Gasteiger partial charge in [0, 0.05) is 6.07 Å². The van der Waals surface area contributed by atoms with Gasteiger partial charge in [0.25, 0.3) is 0 Å². The molecule has 0 aliphatic carbocycles. The molecule has 0 spiro atoms. The van der Waals surface area contributed by atoms with Crippen molar-refractivity contribution in [1.82, 2.24) is 9.78 Å². The first-order valence-corrected chi connectivity index (χ1v) is 6.52. The van der Waals surface area contributed by atoms with Gasteiger partial charge in [-0.25, -0.2) is 9.48 Å². The lowest BCUT2D eigenvalue weighted by atomic mass is 10.2. The SMILES string of the molecule is Cc1ccc(-n2nc(-c3ccc(C)o3)cc2C(=O)O)cc1. The molecule has 106 valence electrons. The number of rotatable bonds is 3. The quantitative estimate of drug-likeness (QED) is 0.799. The Kier molecular flexibility index (Phi) is 3.10. The summed E-state index contributed by atoms with van der Waals surface area (Å²) in [7, 11) is 0. The van der Waals surface area contributed by atoms with Crippen LogP contribution < -0.4 is 0 Å². The van der Waals surface area contributed by atoms with Crippen LogP contribution in [-0.2, 0) is 0 Å². The molecular formula is C16H14N2O3. The number of aryl methyl sites for hydroxylation is 2. The zero-order valence-electron chi connectivity index (χ0n) is 11.7. The molecule has 5 nitrogen and oxygen atoms in total. The Morgan fingerprint density at radius 1 is 1.14 bits per heavy atom. The third-order valence-electron chi connectivity index (χ3n) is 3.20. The minimum absolute atomic E-state index is 0.0999. The van der Waals surface area contributed by atoms with Gasteiger partial charge in [-0.2, -0.15) is 5.10 Å². The number of aromatic carboxylic acids is 1. The fraction of sp³-hybridized carbons (Fsp3) is 0.125. The zero-order valence-corrected chi connectivity index (χ0v) is 11.7. The Hall–Kier alpha value is -2.82. The first-order chi connectivity index (χ1) is 10.0. The average molecular weight is 282 g/mol. The van der Waals surface area contributed by atoms with Crippen LogP contribution >= 0.6 is 0 Å². The van der Waals surface area contributed by atoms with E-state index in [9.17, 15) is 9.90 Å². The molecule has 1 aromatic carbocycles. The van der Waals surface area contributed by atoms with Crippen molar-refractivity contribution in [2.45, 2.75) is 13.8 Å². The molecule has 0 aliphatic heterocycles. The highest BCUT2D eigenvalue weighted by molar-refractivity contribution is 5.87. The molecule has 0 fully saturated rings. The van der Waals surface area contributed by atoms with Gasteiger partial charge < -0.3 is 9.52 Å². The van der Waals surface area contributed by atoms with E-state index in [2.05, 4.69) is 5.10 Å². The van der Waals surface area contributed by atoms with Crippen molar-refractivity contribution in [1.29, 1.82) is 0 Å². The number of benzene rings is 1. The van der Waals surface area contributed by atoms with Crippen molar-refractivity contribution in [3.63, 3.8) is 0 Å². The zero-order chi connectivity index (χ0) is 15.0. The minimum atomic E-state index is -1.03. The van der Waals surface area contributed by atoms with Crippen molar-refractivity contribution >= 4 is 5.97 Å². The van der Waals surface area contributed by atoms with E-state index in [4.69, 9.17) is 4.42 Å². The largest absolute Gasteiger partial charge is 0.477 e. The molecule has 5 heteroatoms. The second kappa shape index (κ2) is 4.94. The van der Waals surface area contributed by atoms with Crippen LogP contribution in [0.15, 0.2) is 46.9 Å². The molecule has 2 aromatic heterocycles. The van der Waals surface area contributed by atoms with Gasteiger partial charge in [-0.15, -0.1) is 0 Å². The Morgan fingerprint density at radius 3 is 2.43 bits per heavy atom. The van der Waals surface area contributed by atoms with Gasteiger partial charge in [0.1, 0.15) is 11.5 Å². The fourth-order valence-corrected chi connectivity index (χ4v) is 2.11. The van der Waals surface area contributed by atoms with Crippen LogP contribution in [0.2, 0.25) is 0 Å². The third kappa shape index (κ3) is 2.45. The lowest BCUT2D eigenvalue weighted by molar-refractivity contribution is 0.0687. The van der Waals surface area contributed by atoms with E-state index in [1.807, 2.05) is 44.2 Å². The Bertz CT molecular complexity index is 797. The number of carboxylic acids is 1. The van der Waals surface area contributed by atoms with Gasteiger partial charge in [-0.05, 0) is 38.1 Å². The fourth-order valence-electron chi connectivity index (χ4n) is 2.11. The van der Waals surface area contributed by atoms with Gasteiger partial charge in [0.2, 0.25) is 0 Å². The summed E-state index contributed by atoms with van der Waals surface area (Å²) in [5.74, 6) is 0.283. The molecule has 2 heterocycles. The summed E-state index contributed by atoms with van der Waals surface area (Å²) < 4.78 is 6.92. The van der Waals surface area contributed by atoms with E-state index in [1.165, 1.54) is 10.7 Å². The monoisotopic (exact) mass is 282 g/mol. The smallest absolute Gasteiger partial charge is 0.354 e. The van der Waals surface area contributed by atoms with Crippen LogP contribution in [0, 0.1) is 13.8 Å². The normalized spacial score (nSPS) is 10.8. The maximum absolute atomic E-state index is 11.4. The van der Waals surface area contributed by atoms with Gasteiger partial charge in [0.15, 0.2) is 11.5 Å². The van der Waals surface area contributed by atoms with Crippen molar-refractivity contribution in [3.8, 4) is 17.1 Å². The molecule has 1 N–H and O–H groups in total. The molecule has 0 aliphatic rings. The summed E-state index contributed by atoms with van der Waals surface area (Å²) in [6, 6.07) is 12.6. The van der Waals surface area contributed by atoms with E-state index in [1.54, 1.807) is 6.07 Å². The van der Waals surface area contributed by atoms with E-state index < -0.39 is 5.97 Å². The Labute approximate surface area is 121 Å². The summed E-state index contributed by atoms with van der Waals surface area (Å²) in [6.07, 6.45) is 0. The predicted molar refractivity (Wildman–Crippen MR) is 77.7 cm³/mol. The molecule has 0 amide bonds. The molecule has 21 heavy (non-hydrogen) atoms. The van der Waals surface area contributed by atoms with Crippen molar-refractivity contribution in [2.24, 2.45) is 0 Å².